The lowest BCUT2D eigenvalue weighted by Crippen LogP contribution is -2.46. The Hall–Kier alpha value is -1.56. The Morgan fingerprint density at radius 1 is 1.45 bits per heavy atom. The Morgan fingerprint density at radius 2 is 2.15 bits per heavy atom. The fraction of sp³-hybridized carbons (Fsp3) is 0.571. The number of carboxylic acids is 1. The van der Waals surface area contributed by atoms with E-state index >= 15 is 0 Å². The molecule has 20 heavy (non-hydrogen) atoms. The molecular formula is C14H22N2O3S. The number of nitrogens with one attached hydrogen (secondary N) is 1. The van der Waals surface area contributed by atoms with Gasteiger partial charge in [-0.3, -0.25) is 4.79 Å². The second-order valence-electron chi connectivity index (χ2n) is 5.15. The topological polar surface area (TPSA) is 69.6 Å². The molecule has 1 atom stereocenters. The Morgan fingerprint density at radius 3 is 2.65 bits per heavy atom. The van der Waals surface area contributed by atoms with Crippen LogP contribution in [0.5, 0.6) is 0 Å². The lowest BCUT2D eigenvalue weighted by Gasteiger charge is -2.25. The summed E-state index contributed by atoms with van der Waals surface area (Å²) in [6.45, 7) is 4.42. The van der Waals surface area contributed by atoms with Crippen LogP contribution in [-0.2, 0) is 11.2 Å². The smallest absolute Gasteiger partial charge is 0.317 e. The van der Waals surface area contributed by atoms with E-state index in [1.807, 2.05) is 31.4 Å². The fourth-order valence-corrected chi connectivity index (χ4v) is 2.44. The number of aliphatic carboxylic acids is 1. The van der Waals surface area contributed by atoms with Gasteiger partial charge in [-0.15, -0.1) is 11.3 Å². The zero-order valence-electron chi connectivity index (χ0n) is 12.1. The van der Waals surface area contributed by atoms with Gasteiger partial charge in [-0.25, -0.2) is 4.79 Å². The molecule has 0 fully saturated rings. The molecule has 2 amide bonds. The van der Waals surface area contributed by atoms with Crippen LogP contribution in [-0.4, -0.2) is 41.6 Å². The standard InChI is InChI=1S/C14H22N2O3S/c1-10(2)12(9-13(17)18)15-14(19)16(3)7-6-11-5-4-8-20-11/h4-5,8,10,12H,6-7,9H2,1-3H3,(H,15,19)(H,17,18). The molecule has 0 radical (unpaired) electrons. The summed E-state index contributed by atoms with van der Waals surface area (Å²) >= 11 is 1.67. The molecule has 0 saturated heterocycles. The molecule has 2 N–H and O–H groups in total. The van der Waals surface area contributed by atoms with Crippen molar-refractivity contribution in [2.45, 2.75) is 32.7 Å². The number of thiophene rings is 1. The van der Waals surface area contributed by atoms with Gasteiger partial charge in [-0.05, 0) is 23.8 Å². The van der Waals surface area contributed by atoms with Crippen molar-refractivity contribution < 1.29 is 14.7 Å². The number of hydrogen-bond donors (Lipinski definition) is 2. The molecule has 5 nitrogen and oxygen atoms in total. The molecule has 0 bridgehead atoms. The molecule has 0 saturated carbocycles. The van der Waals surface area contributed by atoms with Crippen molar-refractivity contribution in [2.75, 3.05) is 13.6 Å². The van der Waals surface area contributed by atoms with Crippen molar-refractivity contribution in [3.8, 4) is 0 Å². The lowest BCUT2D eigenvalue weighted by atomic mass is 10.0. The molecule has 0 aromatic carbocycles. The Balaban J connectivity index is 2.44. The monoisotopic (exact) mass is 298 g/mol. The van der Waals surface area contributed by atoms with E-state index in [-0.39, 0.29) is 24.4 Å². The first-order valence-electron chi connectivity index (χ1n) is 6.66. The molecule has 0 spiro atoms. The van der Waals surface area contributed by atoms with E-state index in [0.29, 0.717) is 6.54 Å². The lowest BCUT2D eigenvalue weighted by molar-refractivity contribution is -0.137. The zero-order valence-corrected chi connectivity index (χ0v) is 12.9. The predicted molar refractivity (Wildman–Crippen MR) is 80.1 cm³/mol. The third kappa shape index (κ3) is 5.61. The Bertz CT molecular complexity index is 432. The fourth-order valence-electron chi connectivity index (χ4n) is 1.74. The first-order valence-corrected chi connectivity index (χ1v) is 7.54. The highest BCUT2D eigenvalue weighted by molar-refractivity contribution is 7.09. The third-order valence-electron chi connectivity index (χ3n) is 3.13. The molecule has 1 aromatic rings. The number of carboxylic acid groups (broad SMARTS) is 1. The van der Waals surface area contributed by atoms with E-state index in [9.17, 15) is 9.59 Å². The third-order valence-corrected chi connectivity index (χ3v) is 4.06. The highest BCUT2D eigenvalue weighted by atomic mass is 32.1. The van der Waals surface area contributed by atoms with Crippen molar-refractivity contribution >= 4 is 23.3 Å². The van der Waals surface area contributed by atoms with Crippen molar-refractivity contribution in [2.24, 2.45) is 5.92 Å². The van der Waals surface area contributed by atoms with Gasteiger partial charge in [-0.2, -0.15) is 0 Å². The minimum absolute atomic E-state index is 0.0534. The van der Waals surface area contributed by atoms with Gasteiger partial charge < -0.3 is 15.3 Å². The predicted octanol–water partition coefficient (Wildman–Crippen LogP) is 2.43. The minimum atomic E-state index is -0.898. The number of amides is 2. The summed E-state index contributed by atoms with van der Waals surface area (Å²) in [7, 11) is 1.72. The van der Waals surface area contributed by atoms with Gasteiger partial charge in [0.05, 0.1) is 6.42 Å². The van der Waals surface area contributed by atoms with Crippen LogP contribution >= 0.6 is 11.3 Å². The number of urea groups is 1. The van der Waals surface area contributed by atoms with Crippen LogP contribution in [0.4, 0.5) is 4.79 Å². The quantitative estimate of drug-likeness (QED) is 0.812. The average molecular weight is 298 g/mol. The van der Waals surface area contributed by atoms with E-state index in [2.05, 4.69) is 5.32 Å². The molecule has 0 aliphatic carbocycles. The number of carbonyl (C=O) groups excluding carboxylic acids is 1. The van der Waals surface area contributed by atoms with Gasteiger partial charge in [0.1, 0.15) is 0 Å². The van der Waals surface area contributed by atoms with Crippen LogP contribution in [0.15, 0.2) is 17.5 Å². The molecule has 1 unspecified atom stereocenters. The number of likely N-dealkylation sites (N-methyl/N-ethyl adjacent to an activating group) is 1. The molecule has 0 aliphatic rings. The first kappa shape index (κ1) is 16.5. The summed E-state index contributed by atoms with van der Waals surface area (Å²) < 4.78 is 0. The van der Waals surface area contributed by atoms with Crippen molar-refractivity contribution in [3.63, 3.8) is 0 Å². The maximum absolute atomic E-state index is 12.0. The molecular weight excluding hydrogens is 276 g/mol. The molecule has 6 heteroatoms. The van der Waals surface area contributed by atoms with Gasteiger partial charge >= 0.3 is 12.0 Å². The van der Waals surface area contributed by atoms with Gasteiger partial charge in [-0.1, -0.05) is 19.9 Å². The van der Waals surface area contributed by atoms with Crippen molar-refractivity contribution in [1.29, 1.82) is 0 Å². The molecule has 1 rings (SSSR count). The van der Waals surface area contributed by atoms with Crippen LogP contribution in [0.25, 0.3) is 0 Å². The molecule has 1 heterocycles. The van der Waals surface area contributed by atoms with E-state index in [1.165, 1.54) is 4.88 Å². The van der Waals surface area contributed by atoms with Crippen molar-refractivity contribution in [3.05, 3.63) is 22.4 Å². The second kappa shape index (κ2) is 7.89. The van der Waals surface area contributed by atoms with E-state index in [1.54, 1.807) is 23.3 Å². The largest absolute Gasteiger partial charge is 0.481 e. The SMILES string of the molecule is CC(C)C(CC(=O)O)NC(=O)N(C)CCc1cccs1. The highest BCUT2D eigenvalue weighted by Crippen LogP contribution is 2.10. The van der Waals surface area contributed by atoms with Gasteiger partial charge in [0.15, 0.2) is 0 Å². The van der Waals surface area contributed by atoms with Crippen LogP contribution < -0.4 is 5.32 Å². The Kier molecular flexibility index (Phi) is 6.51. The number of nitrogens with zero attached hydrogens (tertiary/aromatic N) is 1. The van der Waals surface area contributed by atoms with Gasteiger partial charge in [0.2, 0.25) is 0 Å². The molecule has 0 aliphatic heterocycles. The summed E-state index contributed by atoms with van der Waals surface area (Å²) in [6, 6.07) is 3.46. The average Bonchev–Trinajstić information content (AvgIpc) is 2.87. The maximum Gasteiger partial charge on any atom is 0.317 e. The highest BCUT2D eigenvalue weighted by Gasteiger charge is 2.21. The van der Waals surface area contributed by atoms with E-state index < -0.39 is 5.97 Å². The van der Waals surface area contributed by atoms with E-state index in [0.717, 1.165) is 6.42 Å². The number of rotatable bonds is 7. The van der Waals surface area contributed by atoms with E-state index in [4.69, 9.17) is 5.11 Å². The number of hydrogen-bond acceptors (Lipinski definition) is 3. The summed E-state index contributed by atoms with van der Waals surface area (Å²) in [4.78, 5) is 25.6. The summed E-state index contributed by atoms with van der Waals surface area (Å²) in [6.07, 6.45) is 0.759. The first-order chi connectivity index (χ1) is 9.40. The summed E-state index contributed by atoms with van der Waals surface area (Å²) in [5.41, 5.74) is 0. The molecule has 112 valence electrons. The second-order valence-corrected chi connectivity index (χ2v) is 6.18. The summed E-state index contributed by atoms with van der Waals surface area (Å²) in [5, 5.41) is 13.6. The van der Waals surface area contributed by atoms with Gasteiger partial charge in [0, 0.05) is 24.5 Å². The van der Waals surface area contributed by atoms with Crippen LogP contribution in [0.2, 0.25) is 0 Å². The number of carbonyl (C=O) groups is 2. The van der Waals surface area contributed by atoms with Crippen LogP contribution in [0, 0.1) is 5.92 Å². The Labute approximate surface area is 123 Å². The summed E-state index contributed by atoms with van der Waals surface area (Å²) in [5.74, 6) is -0.814. The van der Waals surface area contributed by atoms with Crippen LogP contribution in [0.1, 0.15) is 25.1 Å². The normalized spacial score (nSPS) is 12.2. The van der Waals surface area contributed by atoms with Crippen LogP contribution in [0.3, 0.4) is 0 Å². The van der Waals surface area contributed by atoms with Crippen molar-refractivity contribution in [1.82, 2.24) is 10.2 Å². The zero-order chi connectivity index (χ0) is 15.1. The molecule has 1 aromatic heterocycles. The maximum atomic E-state index is 12.0. The van der Waals surface area contributed by atoms with Gasteiger partial charge in [0.25, 0.3) is 0 Å². The minimum Gasteiger partial charge on any atom is -0.481 e.